The van der Waals surface area contributed by atoms with Crippen LogP contribution < -0.4 is 5.30 Å². The quantitative estimate of drug-likeness (QED) is 0.744. The van der Waals surface area contributed by atoms with Gasteiger partial charge in [0.1, 0.15) is 0 Å². The average Bonchev–Trinajstić information content (AvgIpc) is 2.29. The van der Waals surface area contributed by atoms with Crippen LogP contribution in [0.25, 0.3) is 0 Å². The van der Waals surface area contributed by atoms with Crippen LogP contribution in [0, 0.1) is 11.8 Å². The summed E-state index contributed by atoms with van der Waals surface area (Å²) >= 11 is 0. The minimum atomic E-state index is 0.854. The monoisotopic (exact) mass is 249 g/mol. The van der Waals surface area contributed by atoms with Crippen molar-refractivity contribution in [3.05, 3.63) is 29.8 Å². The number of piperidine rings is 1. The first-order valence-electron chi connectivity index (χ1n) is 6.72. The predicted molar refractivity (Wildman–Crippen MR) is 78.6 cm³/mol. The van der Waals surface area contributed by atoms with E-state index < -0.39 is 0 Å². The molecule has 1 atom stereocenters. The van der Waals surface area contributed by atoms with Gasteiger partial charge in [-0.1, -0.05) is 38.1 Å². The summed E-state index contributed by atoms with van der Waals surface area (Å²) in [5, 5.41) is 1.29. The third-order valence-corrected chi connectivity index (χ3v) is 4.29. The first-order chi connectivity index (χ1) is 8.15. The minimum Gasteiger partial charge on any atom is -0.299 e. The smallest absolute Gasteiger partial charge is 0.0233 e. The largest absolute Gasteiger partial charge is 0.299 e. The number of hydrogen-bond acceptors (Lipinski definition) is 1. The summed E-state index contributed by atoms with van der Waals surface area (Å²) < 4.78 is 0. The van der Waals surface area contributed by atoms with E-state index in [1.807, 2.05) is 0 Å². The molecule has 0 aliphatic carbocycles. The van der Waals surface area contributed by atoms with E-state index in [4.69, 9.17) is 0 Å². The molecule has 1 nitrogen and oxygen atoms in total. The SMILES string of the molecule is CC(C)C1CCN(Cc2cccc(P)c2)CC1. The first kappa shape index (κ1) is 13.1. The molecule has 1 aliphatic heterocycles. The average molecular weight is 249 g/mol. The van der Waals surface area contributed by atoms with Crippen molar-refractivity contribution in [1.29, 1.82) is 0 Å². The predicted octanol–water partition coefficient (Wildman–Crippen LogP) is 3.06. The molecule has 1 heterocycles. The van der Waals surface area contributed by atoms with Crippen molar-refractivity contribution in [3.8, 4) is 0 Å². The van der Waals surface area contributed by atoms with Gasteiger partial charge in [0.15, 0.2) is 0 Å². The van der Waals surface area contributed by atoms with Gasteiger partial charge in [-0.25, -0.2) is 0 Å². The van der Waals surface area contributed by atoms with Crippen molar-refractivity contribution in [1.82, 2.24) is 4.90 Å². The maximum absolute atomic E-state index is 2.78. The molecule has 1 aromatic carbocycles. The highest BCUT2D eigenvalue weighted by Gasteiger charge is 2.21. The summed E-state index contributed by atoms with van der Waals surface area (Å²) in [6.07, 6.45) is 2.75. The minimum absolute atomic E-state index is 0.854. The van der Waals surface area contributed by atoms with Crippen LogP contribution >= 0.6 is 9.24 Å². The van der Waals surface area contributed by atoms with Gasteiger partial charge in [-0.15, -0.1) is 9.24 Å². The summed E-state index contributed by atoms with van der Waals surface area (Å²) in [7, 11) is 2.78. The van der Waals surface area contributed by atoms with Gasteiger partial charge in [0.05, 0.1) is 0 Å². The molecule has 1 fully saturated rings. The lowest BCUT2D eigenvalue weighted by molar-refractivity contribution is 0.152. The van der Waals surface area contributed by atoms with Crippen LogP contribution in [0.15, 0.2) is 24.3 Å². The molecular weight excluding hydrogens is 225 g/mol. The van der Waals surface area contributed by atoms with E-state index in [2.05, 4.69) is 52.3 Å². The molecule has 0 saturated carbocycles. The second-order valence-corrected chi connectivity index (χ2v) is 6.27. The zero-order valence-electron chi connectivity index (χ0n) is 11.0. The molecule has 0 spiro atoms. The Morgan fingerprint density at radius 1 is 1.29 bits per heavy atom. The van der Waals surface area contributed by atoms with Gasteiger partial charge in [0, 0.05) is 6.54 Å². The number of rotatable bonds is 3. The normalized spacial score (nSPS) is 18.8. The second kappa shape index (κ2) is 5.98. The van der Waals surface area contributed by atoms with Crippen molar-refractivity contribution in [3.63, 3.8) is 0 Å². The first-order valence-corrected chi connectivity index (χ1v) is 7.29. The summed E-state index contributed by atoms with van der Waals surface area (Å²) in [4.78, 5) is 2.60. The van der Waals surface area contributed by atoms with Crippen molar-refractivity contribution in [2.24, 2.45) is 11.8 Å². The molecule has 0 amide bonds. The van der Waals surface area contributed by atoms with Crippen molar-refractivity contribution >= 4 is 14.5 Å². The molecular formula is C15H24NP. The second-order valence-electron chi connectivity index (χ2n) is 5.60. The zero-order valence-corrected chi connectivity index (χ0v) is 12.2. The van der Waals surface area contributed by atoms with E-state index in [-0.39, 0.29) is 0 Å². The van der Waals surface area contributed by atoms with Crippen molar-refractivity contribution in [2.45, 2.75) is 33.2 Å². The summed E-state index contributed by atoms with van der Waals surface area (Å²) in [5.41, 5.74) is 1.44. The highest BCUT2D eigenvalue weighted by molar-refractivity contribution is 7.27. The van der Waals surface area contributed by atoms with E-state index in [0.29, 0.717) is 0 Å². The Hall–Kier alpha value is -0.390. The van der Waals surface area contributed by atoms with Gasteiger partial charge < -0.3 is 0 Å². The Labute approximate surface area is 108 Å². The van der Waals surface area contributed by atoms with Crippen LogP contribution in [0.3, 0.4) is 0 Å². The lowest BCUT2D eigenvalue weighted by Crippen LogP contribution is -2.34. The van der Waals surface area contributed by atoms with Gasteiger partial charge in [-0.2, -0.15) is 0 Å². The standard InChI is InChI=1S/C15H24NP/c1-12(2)14-6-8-16(9-7-14)11-13-4-3-5-15(17)10-13/h3-5,10,12,14H,6-9,11,17H2,1-2H3. The molecule has 17 heavy (non-hydrogen) atoms. The molecule has 1 saturated heterocycles. The Morgan fingerprint density at radius 2 is 2.00 bits per heavy atom. The van der Waals surface area contributed by atoms with Crippen LogP contribution in [0.5, 0.6) is 0 Å². The molecule has 1 unspecified atom stereocenters. The highest BCUT2D eigenvalue weighted by atomic mass is 31.0. The van der Waals surface area contributed by atoms with Crippen LogP contribution in [0.1, 0.15) is 32.3 Å². The Balaban J connectivity index is 1.86. The fraction of sp³-hybridized carbons (Fsp3) is 0.600. The Bertz CT molecular complexity index is 354. The van der Waals surface area contributed by atoms with Gasteiger partial charge >= 0.3 is 0 Å². The molecule has 94 valence electrons. The summed E-state index contributed by atoms with van der Waals surface area (Å²) in [5.74, 6) is 1.80. The van der Waals surface area contributed by atoms with E-state index >= 15 is 0 Å². The molecule has 0 radical (unpaired) electrons. The molecule has 1 aromatic rings. The number of likely N-dealkylation sites (tertiary alicyclic amines) is 1. The lowest BCUT2D eigenvalue weighted by atomic mass is 9.86. The fourth-order valence-corrected chi connectivity index (χ4v) is 3.05. The van der Waals surface area contributed by atoms with Crippen LogP contribution in [-0.2, 0) is 6.54 Å². The Kier molecular flexibility index (Phi) is 4.59. The molecule has 0 N–H and O–H groups in total. The maximum Gasteiger partial charge on any atom is 0.0233 e. The van der Waals surface area contributed by atoms with Gasteiger partial charge in [-0.3, -0.25) is 4.90 Å². The van der Waals surface area contributed by atoms with E-state index in [1.54, 1.807) is 0 Å². The third-order valence-electron chi connectivity index (χ3n) is 3.93. The number of nitrogens with zero attached hydrogens (tertiary/aromatic N) is 1. The summed E-state index contributed by atoms with van der Waals surface area (Å²) in [6.45, 7) is 8.37. The molecule has 0 aromatic heterocycles. The molecule has 2 heteroatoms. The van der Waals surface area contributed by atoms with Crippen molar-refractivity contribution in [2.75, 3.05) is 13.1 Å². The summed E-state index contributed by atoms with van der Waals surface area (Å²) in [6, 6.07) is 8.80. The third kappa shape index (κ3) is 3.79. The van der Waals surface area contributed by atoms with Gasteiger partial charge in [0.25, 0.3) is 0 Å². The van der Waals surface area contributed by atoms with Gasteiger partial charge in [0.2, 0.25) is 0 Å². The topological polar surface area (TPSA) is 3.24 Å². The number of benzene rings is 1. The number of hydrogen-bond donors (Lipinski definition) is 0. The fourth-order valence-electron chi connectivity index (χ4n) is 2.73. The van der Waals surface area contributed by atoms with Crippen molar-refractivity contribution < 1.29 is 0 Å². The van der Waals surface area contributed by atoms with E-state index in [1.165, 1.54) is 36.8 Å². The molecule has 2 rings (SSSR count). The van der Waals surface area contributed by atoms with Crippen LogP contribution in [0.4, 0.5) is 0 Å². The molecule has 1 aliphatic rings. The highest BCUT2D eigenvalue weighted by Crippen LogP contribution is 2.25. The van der Waals surface area contributed by atoms with Crippen LogP contribution in [-0.4, -0.2) is 18.0 Å². The van der Waals surface area contributed by atoms with Crippen LogP contribution in [0.2, 0.25) is 0 Å². The van der Waals surface area contributed by atoms with E-state index in [9.17, 15) is 0 Å². The maximum atomic E-state index is 2.78. The Morgan fingerprint density at radius 3 is 2.59 bits per heavy atom. The lowest BCUT2D eigenvalue weighted by Gasteiger charge is -2.33. The van der Waals surface area contributed by atoms with E-state index in [0.717, 1.165) is 18.4 Å². The zero-order chi connectivity index (χ0) is 12.3. The molecule has 0 bridgehead atoms. The van der Waals surface area contributed by atoms with Gasteiger partial charge in [-0.05, 0) is 48.6 Å².